The van der Waals surface area contributed by atoms with Crippen molar-refractivity contribution in [3.05, 3.63) is 76.6 Å². The standard InChI is InChI=1S/C24H28ClFO/c1-3-17-5-10-19(11-6-17)20-12-7-18(8-13-20)9-14-21-15-16-22(27-4-2)24(26)23(21)25/h3,7-8,12-13,15-17,19H,1,4-6,9-11,14H2,2H3. The topological polar surface area (TPSA) is 9.23 Å². The lowest BCUT2D eigenvalue weighted by Crippen LogP contribution is -2.11. The molecule has 0 saturated heterocycles. The van der Waals surface area contributed by atoms with Gasteiger partial charge < -0.3 is 4.74 Å². The number of hydrogen-bond acceptors (Lipinski definition) is 1. The maximum Gasteiger partial charge on any atom is 0.183 e. The van der Waals surface area contributed by atoms with Crippen LogP contribution in [0.15, 0.2) is 49.1 Å². The molecule has 2 aromatic rings. The molecule has 27 heavy (non-hydrogen) atoms. The molecular formula is C24H28ClFO. The van der Waals surface area contributed by atoms with Crippen LogP contribution in [0, 0.1) is 11.7 Å². The fraction of sp³-hybridized carbons (Fsp3) is 0.417. The smallest absolute Gasteiger partial charge is 0.183 e. The monoisotopic (exact) mass is 386 g/mol. The predicted molar refractivity (Wildman–Crippen MR) is 111 cm³/mol. The summed E-state index contributed by atoms with van der Waals surface area (Å²) in [6.45, 7) is 6.18. The highest BCUT2D eigenvalue weighted by atomic mass is 35.5. The summed E-state index contributed by atoms with van der Waals surface area (Å²) >= 11 is 6.19. The first-order valence-electron chi connectivity index (χ1n) is 9.93. The lowest BCUT2D eigenvalue weighted by atomic mass is 9.78. The van der Waals surface area contributed by atoms with Gasteiger partial charge in [0.2, 0.25) is 0 Å². The van der Waals surface area contributed by atoms with Crippen molar-refractivity contribution in [2.24, 2.45) is 5.92 Å². The minimum absolute atomic E-state index is 0.177. The average Bonchev–Trinajstić information content (AvgIpc) is 2.71. The van der Waals surface area contributed by atoms with Gasteiger partial charge in [0.25, 0.3) is 0 Å². The van der Waals surface area contributed by atoms with Crippen LogP contribution in [0.3, 0.4) is 0 Å². The molecule has 1 aliphatic rings. The largest absolute Gasteiger partial charge is 0.491 e. The number of hydrogen-bond donors (Lipinski definition) is 0. The Balaban J connectivity index is 1.59. The van der Waals surface area contributed by atoms with Crippen LogP contribution in [0.25, 0.3) is 0 Å². The third-order valence-corrected chi connectivity index (χ3v) is 6.07. The van der Waals surface area contributed by atoms with Gasteiger partial charge in [-0.3, -0.25) is 0 Å². The molecule has 1 aliphatic carbocycles. The molecule has 0 N–H and O–H groups in total. The highest BCUT2D eigenvalue weighted by molar-refractivity contribution is 6.31. The number of benzene rings is 2. The van der Waals surface area contributed by atoms with Crippen molar-refractivity contribution >= 4 is 11.6 Å². The minimum atomic E-state index is -0.457. The van der Waals surface area contributed by atoms with Gasteiger partial charge in [-0.2, -0.15) is 0 Å². The first kappa shape index (κ1) is 19.9. The Morgan fingerprint density at radius 3 is 2.41 bits per heavy atom. The fourth-order valence-corrected chi connectivity index (χ4v) is 4.21. The maximum absolute atomic E-state index is 14.2. The Hall–Kier alpha value is -1.80. The Bertz CT molecular complexity index is 761. The molecule has 0 atom stereocenters. The van der Waals surface area contributed by atoms with Crippen molar-refractivity contribution in [1.82, 2.24) is 0 Å². The van der Waals surface area contributed by atoms with Gasteiger partial charge in [-0.1, -0.05) is 48.0 Å². The number of ether oxygens (including phenoxy) is 1. The van der Waals surface area contributed by atoms with E-state index in [9.17, 15) is 4.39 Å². The second kappa shape index (κ2) is 9.41. The van der Waals surface area contributed by atoms with E-state index in [2.05, 4.69) is 36.9 Å². The van der Waals surface area contributed by atoms with Crippen LogP contribution in [0.1, 0.15) is 55.2 Å². The van der Waals surface area contributed by atoms with Gasteiger partial charge in [-0.25, -0.2) is 4.39 Å². The van der Waals surface area contributed by atoms with Gasteiger partial charge in [-0.05, 0) is 80.0 Å². The molecule has 0 spiro atoms. The SMILES string of the molecule is C=CC1CCC(c2ccc(CCc3ccc(OCC)c(F)c3Cl)cc2)CC1. The Labute approximate surface area is 167 Å². The van der Waals surface area contributed by atoms with Crippen LogP contribution >= 0.6 is 11.6 Å². The van der Waals surface area contributed by atoms with E-state index >= 15 is 0 Å². The van der Waals surface area contributed by atoms with E-state index in [1.807, 2.05) is 13.0 Å². The molecule has 0 aliphatic heterocycles. The molecule has 2 aromatic carbocycles. The molecule has 1 saturated carbocycles. The summed E-state index contributed by atoms with van der Waals surface area (Å²) < 4.78 is 19.5. The van der Waals surface area contributed by atoms with E-state index in [0.29, 0.717) is 24.9 Å². The van der Waals surface area contributed by atoms with Crippen LogP contribution in [0.4, 0.5) is 4.39 Å². The summed E-state index contributed by atoms with van der Waals surface area (Å²) in [5, 5.41) is 0.177. The molecular weight excluding hydrogens is 359 g/mol. The molecule has 0 heterocycles. The Kier molecular flexibility index (Phi) is 6.95. The number of halogens is 2. The molecule has 0 aromatic heterocycles. The molecule has 0 amide bonds. The lowest BCUT2D eigenvalue weighted by molar-refractivity contribution is 0.321. The van der Waals surface area contributed by atoms with Crippen LogP contribution < -0.4 is 4.74 Å². The lowest BCUT2D eigenvalue weighted by Gasteiger charge is -2.27. The summed E-state index contributed by atoms with van der Waals surface area (Å²) in [6.07, 6.45) is 8.65. The molecule has 0 unspecified atom stereocenters. The van der Waals surface area contributed by atoms with E-state index in [-0.39, 0.29) is 10.8 Å². The van der Waals surface area contributed by atoms with Crippen molar-refractivity contribution in [3.63, 3.8) is 0 Å². The summed E-state index contributed by atoms with van der Waals surface area (Å²) in [6, 6.07) is 12.5. The van der Waals surface area contributed by atoms with Gasteiger partial charge in [0.15, 0.2) is 11.6 Å². The molecule has 3 rings (SSSR count). The first-order valence-corrected chi connectivity index (χ1v) is 10.3. The molecule has 1 fully saturated rings. The Morgan fingerprint density at radius 2 is 1.78 bits per heavy atom. The third-order valence-electron chi connectivity index (χ3n) is 5.67. The van der Waals surface area contributed by atoms with Crippen molar-refractivity contribution < 1.29 is 9.13 Å². The predicted octanol–water partition coefficient (Wildman–Crippen LogP) is 7.12. The number of allylic oxidation sites excluding steroid dienone is 1. The van der Waals surface area contributed by atoms with Gasteiger partial charge in [0, 0.05) is 0 Å². The van der Waals surface area contributed by atoms with Crippen molar-refractivity contribution in [2.45, 2.75) is 51.4 Å². The van der Waals surface area contributed by atoms with Crippen LogP contribution in [-0.2, 0) is 12.8 Å². The van der Waals surface area contributed by atoms with Gasteiger partial charge >= 0.3 is 0 Å². The van der Waals surface area contributed by atoms with Gasteiger partial charge in [-0.15, -0.1) is 6.58 Å². The highest BCUT2D eigenvalue weighted by Gasteiger charge is 2.20. The summed E-state index contributed by atoms with van der Waals surface area (Å²) in [5.74, 6) is 1.13. The molecule has 3 heteroatoms. The minimum Gasteiger partial charge on any atom is -0.491 e. The normalized spacial score (nSPS) is 19.7. The van der Waals surface area contributed by atoms with Crippen LogP contribution in [0.5, 0.6) is 5.75 Å². The van der Waals surface area contributed by atoms with E-state index in [1.165, 1.54) is 36.8 Å². The van der Waals surface area contributed by atoms with Crippen molar-refractivity contribution in [1.29, 1.82) is 0 Å². The summed E-state index contributed by atoms with van der Waals surface area (Å²) in [7, 11) is 0. The van der Waals surface area contributed by atoms with E-state index in [0.717, 1.165) is 12.0 Å². The first-order chi connectivity index (χ1) is 13.1. The van der Waals surface area contributed by atoms with Crippen LogP contribution in [0.2, 0.25) is 5.02 Å². The molecule has 1 nitrogen and oxygen atoms in total. The van der Waals surface area contributed by atoms with Gasteiger partial charge in [0.1, 0.15) is 0 Å². The molecule has 0 bridgehead atoms. The Morgan fingerprint density at radius 1 is 1.07 bits per heavy atom. The number of rotatable bonds is 7. The average molecular weight is 387 g/mol. The van der Waals surface area contributed by atoms with E-state index in [4.69, 9.17) is 16.3 Å². The van der Waals surface area contributed by atoms with Crippen molar-refractivity contribution in [3.8, 4) is 5.75 Å². The highest BCUT2D eigenvalue weighted by Crippen LogP contribution is 2.36. The molecule has 144 valence electrons. The fourth-order valence-electron chi connectivity index (χ4n) is 3.96. The third kappa shape index (κ3) is 4.93. The van der Waals surface area contributed by atoms with Gasteiger partial charge in [0.05, 0.1) is 11.6 Å². The zero-order valence-electron chi connectivity index (χ0n) is 16.0. The van der Waals surface area contributed by atoms with Crippen LogP contribution in [-0.4, -0.2) is 6.61 Å². The summed E-state index contributed by atoms with van der Waals surface area (Å²) in [4.78, 5) is 0. The zero-order valence-corrected chi connectivity index (χ0v) is 16.8. The van der Waals surface area contributed by atoms with E-state index < -0.39 is 5.82 Å². The maximum atomic E-state index is 14.2. The number of aryl methyl sites for hydroxylation is 2. The zero-order chi connectivity index (χ0) is 19.2. The van der Waals surface area contributed by atoms with E-state index in [1.54, 1.807) is 6.07 Å². The second-order valence-corrected chi connectivity index (χ2v) is 7.75. The van der Waals surface area contributed by atoms with Crippen molar-refractivity contribution in [2.75, 3.05) is 6.61 Å². The quantitative estimate of drug-likeness (QED) is 0.460. The second-order valence-electron chi connectivity index (χ2n) is 7.37. The molecule has 0 radical (unpaired) electrons. The summed E-state index contributed by atoms with van der Waals surface area (Å²) in [5.41, 5.74) is 3.51.